The minimum Gasteiger partial charge on any atom is -0.393 e. The average molecular weight is 539 g/mol. The highest BCUT2D eigenvalue weighted by Gasteiger charge is 2.41. The largest absolute Gasteiger partial charge is 0.393 e. The Balaban J connectivity index is 1.79. The monoisotopic (exact) mass is 538 g/mol. The predicted octanol–water partition coefficient (Wildman–Crippen LogP) is 5.92. The van der Waals surface area contributed by atoms with E-state index in [4.69, 9.17) is 34.8 Å². The molecule has 38 heavy (non-hydrogen) atoms. The number of methoxy groups -OCH3 is 2. The van der Waals surface area contributed by atoms with E-state index in [2.05, 4.69) is 25.0 Å². The first-order valence-corrected chi connectivity index (χ1v) is 14.9. The number of ether oxygens (including phenoxy) is 6. The molecule has 7 atom stereocenters. The summed E-state index contributed by atoms with van der Waals surface area (Å²) in [5.74, 6) is 2.68. The van der Waals surface area contributed by atoms with Crippen molar-refractivity contribution < 1.29 is 33.5 Å². The number of allylic oxidation sites excluding steroid dienone is 1. The molecule has 0 saturated carbocycles. The zero-order valence-electron chi connectivity index (χ0n) is 24.2. The first kappa shape index (κ1) is 33.2. The third-order valence-electron chi connectivity index (χ3n) is 7.58. The van der Waals surface area contributed by atoms with Crippen molar-refractivity contribution in [2.45, 2.75) is 146 Å². The van der Waals surface area contributed by atoms with Crippen molar-refractivity contribution in [3.05, 3.63) is 12.2 Å². The molecule has 220 valence electrons. The van der Waals surface area contributed by atoms with Gasteiger partial charge in [0.05, 0.1) is 36.6 Å². The molecular formula is C31H54O7. The smallest absolute Gasteiger partial charge is 0.147 e. The molecule has 2 aliphatic heterocycles. The predicted molar refractivity (Wildman–Crippen MR) is 150 cm³/mol. The highest BCUT2D eigenvalue weighted by atomic mass is 16.7. The van der Waals surface area contributed by atoms with Gasteiger partial charge in [0, 0.05) is 20.6 Å². The molecule has 0 bridgehead atoms. The summed E-state index contributed by atoms with van der Waals surface area (Å²) in [6.07, 6.45) is 24.3. The molecule has 2 saturated heterocycles. The highest BCUT2D eigenvalue weighted by Crippen LogP contribution is 2.35. The first-order chi connectivity index (χ1) is 18.6. The SMILES string of the molecule is C#CCCC/C=C/[C@@H](OCOC)[C@H]1CC[C@H]([C@H]2CC[C@H]([C@H](CCCCC[C@@H](O)CCCC)OCOC)O2)O1. The molecule has 7 nitrogen and oxygen atoms in total. The Morgan fingerprint density at radius 1 is 0.868 bits per heavy atom. The van der Waals surface area contributed by atoms with E-state index < -0.39 is 0 Å². The summed E-state index contributed by atoms with van der Waals surface area (Å²) in [5.41, 5.74) is 0. The van der Waals surface area contributed by atoms with Gasteiger partial charge in [0.15, 0.2) is 0 Å². The zero-order chi connectivity index (χ0) is 27.4. The van der Waals surface area contributed by atoms with Gasteiger partial charge in [-0.25, -0.2) is 0 Å². The lowest BCUT2D eigenvalue weighted by molar-refractivity contribution is -0.151. The van der Waals surface area contributed by atoms with Gasteiger partial charge in [-0.15, -0.1) is 12.3 Å². The van der Waals surface area contributed by atoms with Crippen LogP contribution in [0.25, 0.3) is 0 Å². The zero-order valence-corrected chi connectivity index (χ0v) is 24.2. The van der Waals surface area contributed by atoms with E-state index in [1.54, 1.807) is 14.2 Å². The molecule has 7 heteroatoms. The van der Waals surface area contributed by atoms with E-state index in [0.29, 0.717) is 0 Å². The van der Waals surface area contributed by atoms with Crippen molar-refractivity contribution in [1.29, 1.82) is 0 Å². The van der Waals surface area contributed by atoms with E-state index in [-0.39, 0.29) is 56.3 Å². The second-order valence-electron chi connectivity index (χ2n) is 10.7. The topological polar surface area (TPSA) is 75.6 Å². The summed E-state index contributed by atoms with van der Waals surface area (Å²) in [6, 6.07) is 0. The van der Waals surface area contributed by atoms with Gasteiger partial charge in [0.2, 0.25) is 0 Å². The van der Waals surface area contributed by atoms with Crippen LogP contribution >= 0.6 is 0 Å². The average Bonchev–Trinajstić information content (AvgIpc) is 3.61. The molecule has 2 aliphatic rings. The number of hydrogen-bond acceptors (Lipinski definition) is 7. The molecule has 0 spiro atoms. The van der Waals surface area contributed by atoms with Gasteiger partial charge in [-0.1, -0.05) is 51.2 Å². The Kier molecular flexibility index (Phi) is 18.2. The fourth-order valence-electron chi connectivity index (χ4n) is 5.44. The number of unbranched alkanes of at least 4 members (excludes halogenated alkanes) is 5. The van der Waals surface area contributed by atoms with Crippen LogP contribution in [0.5, 0.6) is 0 Å². The van der Waals surface area contributed by atoms with Gasteiger partial charge in [0.25, 0.3) is 0 Å². The minimum absolute atomic E-state index is 0.00472. The van der Waals surface area contributed by atoms with Gasteiger partial charge in [0.1, 0.15) is 19.7 Å². The Morgan fingerprint density at radius 2 is 1.53 bits per heavy atom. The first-order valence-electron chi connectivity index (χ1n) is 14.9. The van der Waals surface area contributed by atoms with E-state index in [0.717, 1.165) is 96.3 Å². The summed E-state index contributed by atoms with van der Waals surface area (Å²) in [5, 5.41) is 10.1. The van der Waals surface area contributed by atoms with Gasteiger partial charge >= 0.3 is 0 Å². The summed E-state index contributed by atoms with van der Waals surface area (Å²) in [7, 11) is 3.29. The van der Waals surface area contributed by atoms with Crippen LogP contribution < -0.4 is 0 Å². The standard InChI is InChI=1S/C31H54O7/c1-5-7-9-10-13-17-26(35-23-33-3)28-19-21-30(37-28)31-22-20-29(38-31)27(36-24-34-4)18-14-11-12-16-25(32)15-8-6-2/h1,13,17,25-32H,6-12,14-16,18-24H2,2-4H3/b17-13+/t25-,26+,27-,28+,29+,30+,31+/m0/s1. The Labute approximate surface area is 231 Å². The molecule has 2 rings (SSSR count). The number of aliphatic hydroxyl groups is 1. The van der Waals surface area contributed by atoms with E-state index in [9.17, 15) is 5.11 Å². The lowest BCUT2D eigenvalue weighted by Crippen LogP contribution is -2.34. The van der Waals surface area contributed by atoms with Crippen molar-refractivity contribution in [3.8, 4) is 12.3 Å². The molecule has 0 aromatic heterocycles. The molecule has 0 unspecified atom stereocenters. The third-order valence-corrected chi connectivity index (χ3v) is 7.58. The molecular weight excluding hydrogens is 484 g/mol. The molecule has 0 aromatic rings. The van der Waals surface area contributed by atoms with Crippen molar-refractivity contribution in [1.82, 2.24) is 0 Å². The van der Waals surface area contributed by atoms with Crippen LogP contribution in [0.4, 0.5) is 0 Å². The third kappa shape index (κ3) is 12.9. The molecule has 2 fully saturated rings. The van der Waals surface area contributed by atoms with Crippen LogP contribution in [-0.2, 0) is 28.4 Å². The lowest BCUT2D eigenvalue weighted by atomic mass is 10.0. The number of aliphatic hydroxyl groups excluding tert-OH is 1. The van der Waals surface area contributed by atoms with E-state index in [1.807, 2.05) is 0 Å². The van der Waals surface area contributed by atoms with Crippen molar-refractivity contribution in [2.75, 3.05) is 27.8 Å². The molecule has 0 radical (unpaired) electrons. The van der Waals surface area contributed by atoms with Crippen LogP contribution in [0.3, 0.4) is 0 Å². The Hall–Kier alpha value is -0.980. The van der Waals surface area contributed by atoms with Crippen molar-refractivity contribution in [3.63, 3.8) is 0 Å². The maximum Gasteiger partial charge on any atom is 0.147 e. The molecule has 1 N–H and O–H groups in total. The molecule has 0 aliphatic carbocycles. The fourth-order valence-corrected chi connectivity index (χ4v) is 5.44. The summed E-state index contributed by atoms with van der Waals surface area (Å²) in [4.78, 5) is 0. The van der Waals surface area contributed by atoms with Crippen molar-refractivity contribution >= 4 is 0 Å². The van der Waals surface area contributed by atoms with Crippen LogP contribution in [-0.4, -0.2) is 75.6 Å². The summed E-state index contributed by atoms with van der Waals surface area (Å²) in [6.45, 7) is 2.68. The number of rotatable bonds is 22. The summed E-state index contributed by atoms with van der Waals surface area (Å²) < 4.78 is 35.3. The van der Waals surface area contributed by atoms with Gasteiger partial charge < -0.3 is 33.5 Å². The van der Waals surface area contributed by atoms with E-state index in [1.165, 1.54) is 0 Å². The molecule has 0 aromatic carbocycles. The normalized spacial score (nSPS) is 26.1. The van der Waals surface area contributed by atoms with Crippen LogP contribution in [0.15, 0.2) is 12.2 Å². The quantitative estimate of drug-likeness (QED) is 0.0793. The summed E-state index contributed by atoms with van der Waals surface area (Å²) >= 11 is 0. The van der Waals surface area contributed by atoms with Gasteiger partial charge in [-0.3, -0.25) is 0 Å². The second-order valence-corrected chi connectivity index (χ2v) is 10.7. The van der Waals surface area contributed by atoms with E-state index >= 15 is 0 Å². The number of hydrogen-bond donors (Lipinski definition) is 1. The van der Waals surface area contributed by atoms with Crippen LogP contribution in [0.2, 0.25) is 0 Å². The highest BCUT2D eigenvalue weighted by molar-refractivity contribution is 4.98. The van der Waals surface area contributed by atoms with Crippen molar-refractivity contribution in [2.24, 2.45) is 0 Å². The second kappa shape index (κ2) is 20.9. The Morgan fingerprint density at radius 3 is 2.24 bits per heavy atom. The van der Waals surface area contributed by atoms with Crippen LogP contribution in [0, 0.1) is 12.3 Å². The minimum atomic E-state index is -0.159. The fraction of sp³-hybridized carbons (Fsp3) is 0.871. The molecule has 0 amide bonds. The lowest BCUT2D eigenvalue weighted by Gasteiger charge is -2.26. The van der Waals surface area contributed by atoms with Gasteiger partial charge in [-0.05, 0) is 57.8 Å². The van der Waals surface area contributed by atoms with Gasteiger partial charge in [-0.2, -0.15) is 0 Å². The maximum atomic E-state index is 10.1. The number of terminal acetylenes is 1. The molecule has 2 heterocycles. The maximum absolute atomic E-state index is 10.1. The Bertz CT molecular complexity index is 649. The van der Waals surface area contributed by atoms with Crippen LogP contribution in [0.1, 0.15) is 103 Å².